The smallest absolute Gasteiger partial charge is 0.201 e. The third kappa shape index (κ3) is 1.25. The lowest BCUT2D eigenvalue weighted by molar-refractivity contribution is 0.816. The molecule has 72 valence electrons. The third-order valence-corrected chi connectivity index (χ3v) is 2.81. The van der Waals surface area contributed by atoms with E-state index in [1.165, 1.54) is 12.8 Å². The highest BCUT2D eigenvalue weighted by Gasteiger charge is 2.37. The van der Waals surface area contributed by atoms with E-state index in [0.717, 1.165) is 17.0 Å². The van der Waals surface area contributed by atoms with Gasteiger partial charge in [-0.05, 0) is 31.9 Å². The maximum absolute atomic E-state index is 4.47. The van der Waals surface area contributed by atoms with Gasteiger partial charge in [-0.15, -0.1) is 0 Å². The van der Waals surface area contributed by atoms with Crippen molar-refractivity contribution in [2.24, 2.45) is 0 Å². The van der Waals surface area contributed by atoms with Gasteiger partial charge >= 0.3 is 0 Å². The van der Waals surface area contributed by atoms with E-state index >= 15 is 0 Å². The van der Waals surface area contributed by atoms with Crippen LogP contribution in [0.1, 0.15) is 19.8 Å². The SMILES string of the molecule is CC1(Nc2nc3ccccc3[nH]2)CC1. The number of nitrogens with one attached hydrogen (secondary N) is 2. The molecule has 1 heterocycles. The van der Waals surface area contributed by atoms with Gasteiger partial charge in [-0.2, -0.15) is 0 Å². The molecule has 0 bridgehead atoms. The van der Waals surface area contributed by atoms with Crippen molar-refractivity contribution in [3.05, 3.63) is 24.3 Å². The Morgan fingerprint density at radius 2 is 2.14 bits per heavy atom. The van der Waals surface area contributed by atoms with Gasteiger partial charge < -0.3 is 10.3 Å². The molecule has 0 saturated heterocycles. The van der Waals surface area contributed by atoms with Crippen LogP contribution in [-0.4, -0.2) is 15.5 Å². The van der Waals surface area contributed by atoms with Gasteiger partial charge in [0, 0.05) is 5.54 Å². The highest BCUT2D eigenvalue weighted by Crippen LogP contribution is 2.37. The predicted octanol–water partition coefficient (Wildman–Crippen LogP) is 2.53. The molecule has 0 atom stereocenters. The number of anilines is 1. The zero-order chi connectivity index (χ0) is 9.60. The molecule has 0 radical (unpaired) electrons. The van der Waals surface area contributed by atoms with Crippen LogP contribution >= 0.6 is 0 Å². The lowest BCUT2D eigenvalue weighted by atomic mass is 10.3. The van der Waals surface area contributed by atoms with E-state index in [1.54, 1.807) is 0 Å². The number of hydrogen-bond donors (Lipinski definition) is 2. The van der Waals surface area contributed by atoms with E-state index in [-0.39, 0.29) is 5.54 Å². The molecule has 3 heteroatoms. The molecule has 1 aliphatic carbocycles. The largest absolute Gasteiger partial charge is 0.351 e. The molecule has 3 rings (SSSR count). The first-order valence-corrected chi connectivity index (χ1v) is 4.98. The number of aromatic nitrogens is 2. The van der Waals surface area contributed by atoms with E-state index in [4.69, 9.17) is 0 Å². The summed E-state index contributed by atoms with van der Waals surface area (Å²) in [6.45, 7) is 2.22. The summed E-state index contributed by atoms with van der Waals surface area (Å²) in [7, 11) is 0. The van der Waals surface area contributed by atoms with Crippen LogP contribution in [0.4, 0.5) is 5.95 Å². The molecular formula is C11H13N3. The number of H-pyrrole nitrogens is 1. The predicted molar refractivity (Wildman–Crippen MR) is 57.4 cm³/mol. The minimum atomic E-state index is 0.286. The van der Waals surface area contributed by atoms with Gasteiger partial charge in [0.15, 0.2) is 0 Å². The fourth-order valence-corrected chi connectivity index (χ4v) is 1.61. The Morgan fingerprint density at radius 1 is 1.36 bits per heavy atom. The normalized spacial score (nSPS) is 18.4. The topological polar surface area (TPSA) is 40.7 Å². The fraction of sp³-hybridized carbons (Fsp3) is 0.364. The number of aromatic amines is 1. The number of fused-ring (bicyclic) bond motifs is 1. The standard InChI is InChI=1S/C11H13N3/c1-11(6-7-11)14-10-12-8-4-2-3-5-9(8)13-10/h2-5H,6-7H2,1H3,(H2,12,13,14). The quantitative estimate of drug-likeness (QED) is 0.758. The number of nitrogens with zero attached hydrogens (tertiary/aromatic N) is 1. The third-order valence-electron chi connectivity index (χ3n) is 2.81. The van der Waals surface area contributed by atoms with Crippen LogP contribution in [0.3, 0.4) is 0 Å². The maximum Gasteiger partial charge on any atom is 0.201 e. The second-order valence-electron chi connectivity index (χ2n) is 4.29. The molecule has 1 aromatic carbocycles. The number of rotatable bonds is 2. The van der Waals surface area contributed by atoms with E-state index < -0.39 is 0 Å². The second kappa shape index (κ2) is 2.50. The summed E-state index contributed by atoms with van der Waals surface area (Å²) in [6.07, 6.45) is 2.48. The van der Waals surface area contributed by atoms with E-state index in [2.05, 4.69) is 22.2 Å². The minimum absolute atomic E-state index is 0.286. The average Bonchev–Trinajstić information content (AvgIpc) is 2.77. The number of imidazole rings is 1. The number of para-hydroxylation sites is 2. The van der Waals surface area contributed by atoms with Crippen LogP contribution in [0.25, 0.3) is 11.0 Å². The Balaban J connectivity index is 1.98. The summed E-state index contributed by atoms with van der Waals surface area (Å²) >= 11 is 0. The summed E-state index contributed by atoms with van der Waals surface area (Å²) in [5.41, 5.74) is 2.41. The molecule has 1 aliphatic rings. The molecule has 0 aliphatic heterocycles. The Labute approximate surface area is 82.5 Å². The van der Waals surface area contributed by atoms with Gasteiger partial charge in [-0.25, -0.2) is 4.98 Å². The highest BCUT2D eigenvalue weighted by molar-refractivity contribution is 5.77. The van der Waals surface area contributed by atoms with Crippen LogP contribution in [-0.2, 0) is 0 Å². The molecule has 0 spiro atoms. The van der Waals surface area contributed by atoms with Crippen molar-refractivity contribution in [3.63, 3.8) is 0 Å². The second-order valence-corrected chi connectivity index (χ2v) is 4.29. The molecule has 3 nitrogen and oxygen atoms in total. The van der Waals surface area contributed by atoms with E-state index in [0.29, 0.717) is 0 Å². The molecule has 0 amide bonds. The number of benzene rings is 1. The van der Waals surface area contributed by atoms with Crippen LogP contribution < -0.4 is 5.32 Å². The summed E-state index contributed by atoms with van der Waals surface area (Å²) in [5, 5.41) is 3.42. The minimum Gasteiger partial charge on any atom is -0.351 e. The Hall–Kier alpha value is -1.51. The highest BCUT2D eigenvalue weighted by atomic mass is 15.2. The summed E-state index contributed by atoms with van der Waals surface area (Å²) in [4.78, 5) is 7.74. The van der Waals surface area contributed by atoms with Gasteiger partial charge in [-0.1, -0.05) is 12.1 Å². The molecule has 1 fully saturated rings. The summed E-state index contributed by atoms with van der Waals surface area (Å²) in [5.74, 6) is 0.895. The number of hydrogen-bond acceptors (Lipinski definition) is 2. The summed E-state index contributed by atoms with van der Waals surface area (Å²) < 4.78 is 0. The van der Waals surface area contributed by atoms with Crippen molar-refractivity contribution in [2.45, 2.75) is 25.3 Å². The van der Waals surface area contributed by atoms with Gasteiger partial charge in [-0.3, -0.25) is 0 Å². The first kappa shape index (κ1) is 7.85. The zero-order valence-corrected chi connectivity index (χ0v) is 8.17. The Kier molecular flexibility index (Phi) is 1.40. The van der Waals surface area contributed by atoms with Gasteiger partial charge in [0.05, 0.1) is 11.0 Å². The molecule has 2 N–H and O–H groups in total. The molecule has 1 aromatic heterocycles. The van der Waals surface area contributed by atoms with Crippen LogP contribution in [0.15, 0.2) is 24.3 Å². The lowest BCUT2D eigenvalue weighted by Gasteiger charge is -2.08. The Bertz CT molecular complexity index is 435. The molecular weight excluding hydrogens is 174 g/mol. The van der Waals surface area contributed by atoms with Crippen molar-refractivity contribution in [1.29, 1.82) is 0 Å². The molecule has 1 saturated carbocycles. The van der Waals surface area contributed by atoms with Crippen molar-refractivity contribution >= 4 is 17.0 Å². The molecule has 0 unspecified atom stereocenters. The van der Waals surface area contributed by atoms with Crippen LogP contribution in [0, 0.1) is 0 Å². The van der Waals surface area contributed by atoms with Gasteiger partial charge in [0.1, 0.15) is 0 Å². The van der Waals surface area contributed by atoms with Crippen molar-refractivity contribution in [3.8, 4) is 0 Å². The van der Waals surface area contributed by atoms with Crippen LogP contribution in [0.2, 0.25) is 0 Å². The van der Waals surface area contributed by atoms with Gasteiger partial charge in [0.2, 0.25) is 5.95 Å². The van der Waals surface area contributed by atoms with E-state index in [1.807, 2.05) is 24.3 Å². The first-order chi connectivity index (χ1) is 6.75. The Morgan fingerprint density at radius 3 is 2.86 bits per heavy atom. The first-order valence-electron chi connectivity index (χ1n) is 4.98. The van der Waals surface area contributed by atoms with E-state index in [9.17, 15) is 0 Å². The zero-order valence-electron chi connectivity index (χ0n) is 8.17. The van der Waals surface area contributed by atoms with Crippen molar-refractivity contribution in [2.75, 3.05) is 5.32 Å². The van der Waals surface area contributed by atoms with Crippen molar-refractivity contribution < 1.29 is 0 Å². The van der Waals surface area contributed by atoms with Crippen LogP contribution in [0.5, 0.6) is 0 Å². The average molecular weight is 187 g/mol. The lowest BCUT2D eigenvalue weighted by Crippen LogP contribution is -2.16. The summed E-state index contributed by atoms with van der Waals surface area (Å²) in [6, 6.07) is 8.09. The monoisotopic (exact) mass is 187 g/mol. The van der Waals surface area contributed by atoms with Crippen molar-refractivity contribution in [1.82, 2.24) is 9.97 Å². The molecule has 14 heavy (non-hydrogen) atoms. The van der Waals surface area contributed by atoms with Gasteiger partial charge in [0.25, 0.3) is 0 Å². The maximum atomic E-state index is 4.47. The fourth-order valence-electron chi connectivity index (χ4n) is 1.61. The molecule has 2 aromatic rings.